The third-order valence-corrected chi connectivity index (χ3v) is 6.02. The molecule has 0 unspecified atom stereocenters. The van der Waals surface area contributed by atoms with Gasteiger partial charge in [-0.25, -0.2) is 0 Å². The molecule has 3 rings (SSSR count). The van der Waals surface area contributed by atoms with Crippen LogP contribution in [-0.4, -0.2) is 50.8 Å². The number of ether oxygens (including phenoxy) is 2. The zero-order chi connectivity index (χ0) is 14.9. The van der Waals surface area contributed by atoms with Crippen LogP contribution in [0, 0.1) is 18.3 Å². The van der Waals surface area contributed by atoms with Gasteiger partial charge in [-0.05, 0) is 42.2 Å². The van der Waals surface area contributed by atoms with E-state index in [1.807, 2.05) is 23.3 Å². The van der Waals surface area contributed by atoms with Crippen LogP contribution in [0.4, 0.5) is 0 Å². The quantitative estimate of drug-likeness (QED) is 0.861. The topological polar surface area (TPSA) is 38.8 Å². The average Bonchev–Trinajstić information content (AvgIpc) is 3.05. The highest BCUT2D eigenvalue weighted by atomic mass is 32.1. The number of aryl methyl sites for hydroxylation is 1. The minimum atomic E-state index is 0.187. The molecule has 1 aromatic heterocycles. The van der Waals surface area contributed by atoms with Crippen molar-refractivity contribution in [2.24, 2.45) is 11.3 Å². The van der Waals surface area contributed by atoms with Gasteiger partial charge in [0.25, 0.3) is 5.91 Å². The van der Waals surface area contributed by atoms with Crippen molar-refractivity contribution < 1.29 is 14.3 Å². The zero-order valence-electron chi connectivity index (χ0n) is 12.8. The molecular weight excluding hydrogens is 286 g/mol. The molecule has 2 saturated heterocycles. The van der Waals surface area contributed by atoms with E-state index >= 15 is 0 Å². The van der Waals surface area contributed by atoms with Gasteiger partial charge in [-0.15, -0.1) is 11.3 Å². The standard InChI is InChI=1S/C16H23NO3S/c1-12-3-8-21-14(12)15(18)17-9-13(10-19-2)16(11-17)4-6-20-7-5-16/h3,8,13H,4-7,9-11H2,1-2H3/t13-/m1/s1. The van der Waals surface area contributed by atoms with Gasteiger partial charge in [0.15, 0.2) is 0 Å². The largest absolute Gasteiger partial charge is 0.384 e. The molecule has 1 amide bonds. The first-order valence-electron chi connectivity index (χ1n) is 7.56. The van der Waals surface area contributed by atoms with Gasteiger partial charge in [0, 0.05) is 39.3 Å². The van der Waals surface area contributed by atoms with Crippen molar-refractivity contribution in [2.75, 3.05) is 40.0 Å². The fourth-order valence-corrected chi connectivity index (χ4v) is 4.59. The summed E-state index contributed by atoms with van der Waals surface area (Å²) in [5, 5.41) is 2.00. The van der Waals surface area contributed by atoms with Crippen molar-refractivity contribution in [1.29, 1.82) is 0 Å². The zero-order valence-corrected chi connectivity index (χ0v) is 13.6. The Labute approximate surface area is 130 Å². The molecular formula is C16H23NO3S. The van der Waals surface area contributed by atoms with Crippen molar-refractivity contribution in [2.45, 2.75) is 19.8 Å². The molecule has 2 fully saturated rings. The van der Waals surface area contributed by atoms with Crippen LogP contribution < -0.4 is 0 Å². The van der Waals surface area contributed by atoms with E-state index in [-0.39, 0.29) is 11.3 Å². The molecule has 0 bridgehead atoms. The van der Waals surface area contributed by atoms with Crippen molar-refractivity contribution in [3.8, 4) is 0 Å². The Morgan fingerprint density at radius 3 is 2.90 bits per heavy atom. The van der Waals surface area contributed by atoms with E-state index in [4.69, 9.17) is 9.47 Å². The van der Waals surface area contributed by atoms with Gasteiger partial charge in [0.05, 0.1) is 11.5 Å². The molecule has 2 aliphatic rings. The molecule has 1 spiro atoms. The second-order valence-electron chi connectivity index (χ2n) is 6.25. The Balaban J connectivity index is 1.79. The van der Waals surface area contributed by atoms with E-state index in [9.17, 15) is 4.79 Å². The van der Waals surface area contributed by atoms with Crippen molar-refractivity contribution in [3.63, 3.8) is 0 Å². The second-order valence-corrected chi connectivity index (χ2v) is 7.16. The Hall–Kier alpha value is -0.910. The smallest absolute Gasteiger partial charge is 0.264 e. The van der Waals surface area contributed by atoms with Crippen LogP contribution in [-0.2, 0) is 9.47 Å². The van der Waals surface area contributed by atoms with Crippen molar-refractivity contribution in [3.05, 3.63) is 21.9 Å². The summed E-state index contributed by atoms with van der Waals surface area (Å²) in [6.45, 7) is 6.01. The van der Waals surface area contributed by atoms with Gasteiger partial charge in [-0.1, -0.05) is 0 Å². The van der Waals surface area contributed by atoms with Gasteiger partial charge < -0.3 is 14.4 Å². The number of hydrogen-bond donors (Lipinski definition) is 0. The number of methoxy groups -OCH3 is 1. The van der Waals surface area contributed by atoms with Crippen molar-refractivity contribution in [1.82, 2.24) is 4.90 Å². The Kier molecular flexibility index (Phi) is 4.33. The van der Waals surface area contributed by atoms with Gasteiger partial charge in [0.2, 0.25) is 0 Å². The number of hydrogen-bond acceptors (Lipinski definition) is 4. The monoisotopic (exact) mass is 309 g/mol. The molecule has 2 aliphatic heterocycles. The number of amides is 1. The predicted octanol–water partition coefficient (Wildman–Crippen LogP) is 2.57. The van der Waals surface area contributed by atoms with E-state index in [2.05, 4.69) is 0 Å². The average molecular weight is 309 g/mol. The first-order chi connectivity index (χ1) is 10.2. The summed E-state index contributed by atoms with van der Waals surface area (Å²) >= 11 is 1.55. The number of nitrogens with zero attached hydrogens (tertiary/aromatic N) is 1. The highest BCUT2D eigenvalue weighted by molar-refractivity contribution is 7.12. The van der Waals surface area contributed by atoms with Gasteiger partial charge in [-0.3, -0.25) is 4.79 Å². The Bertz CT molecular complexity index is 507. The lowest BCUT2D eigenvalue weighted by Crippen LogP contribution is -2.39. The number of rotatable bonds is 3. The Morgan fingerprint density at radius 1 is 1.52 bits per heavy atom. The summed E-state index contributed by atoms with van der Waals surface area (Å²) in [4.78, 5) is 15.7. The summed E-state index contributed by atoms with van der Waals surface area (Å²) in [5.74, 6) is 0.614. The second kappa shape index (κ2) is 6.07. The van der Waals surface area contributed by atoms with Gasteiger partial charge in [0.1, 0.15) is 0 Å². The lowest BCUT2D eigenvalue weighted by Gasteiger charge is -2.37. The van der Waals surface area contributed by atoms with Crippen LogP contribution in [0.5, 0.6) is 0 Å². The summed E-state index contributed by atoms with van der Waals surface area (Å²) in [6, 6.07) is 2.02. The summed E-state index contributed by atoms with van der Waals surface area (Å²) in [7, 11) is 1.75. The highest BCUT2D eigenvalue weighted by Crippen LogP contribution is 2.44. The molecule has 1 aromatic rings. The number of likely N-dealkylation sites (tertiary alicyclic amines) is 1. The third-order valence-electron chi connectivity index (χ3n) is 5.01. The maximum absolute atomic E-state index is 12.8. The van der Waals surface area contributed by atoms with Gasteiger partial charge >= 0.3 is 0 Å². The molecule has 5 heteroatoms. The molecule has 0 radical (unpaired) electrons. The molecule has 21 heavy (non-hydrogen) atoms. The summed E-state index contributed by atoms with van der Waals surface area (Å²) in [5.41, 5.74) is 1.27. The third kappa shape index (κ3) is 2.74. The lowest BCUT2D eigenvalue weighted by atomic mass is 9.72. The fraction of sp³-hybridized carbons (Fsp3) is 0.688. The van der Waals surface area contributed by atoms with Crippen LogP contribution >= 0.6 is 11.3 Å². The first-order valence-corrected chi connectivity index (χ1v) is 8.44. The van der Waals surface area contributed by atoms with Crippen LogP contribution in [0.15, 0.2) is 11.4 Å². The number of thiophene rings is 1. The molecule has 3 heterocycles. The van der Waals surface area contributed by atoms with Crippen LogP contribution in [0.1, 0.15) is 28.1 Å². The summed E-state index contributed by atoms with van der Waals surface area (Å²) in [6.07, 6.45) is 2.07. The SMILES string of the molecule is COC[C@H]1CN(C(=O)c2sccc2C)CC12CCOCC2. The van der Waals surface area contributed by atoms with E-state index in [1.165, 1.54) is 0 Å². The van der Waals surface area contributed by atoms with E-state index < -0.39 is 0 Å². The minimum absolute atomic E-state index is 0.187. The van der Waals surface area contributed by atoms with E-state index in [1.54, 1.807) is 18.4 Å². The predicted molar refractivity (Wildman–Crippen MR) is 82.8 cm³/mol. The van der Waals surface area contributed by atoms with Crippen molar-refractivity contribution >= 4 is 17.2 Å². The fourth-order valence-electron chi connectivity index (χ4n) is 3.70. The number of carbonyl (C=O) groups is 1. The van der Waals surface area contributed by atoms with E-state index in [0.29, 0.717) is 5.92 Å². The van der Waals surface area contributed by atoms with Crippen LogP contribution in [0.2, 0.25) is 0 Å². The molecule has 116 valence electrons. The first kappa shape index (κ1) is 15.0. The normalized spacial score (nSPS) is 24.7. The molecule has 0 aromatic carbocycles. The van der Waals surface area contributed by atoms with E-state index in [0.717, 1.165) is 56.2 Å². The van der Waals surface area contributed by atoms with Crippen LogP contribution in [0.3, 0.4) is 0 Å². The maximum Gasteiger partial charge on any atom is 0.264 e. The Morgan fingerprint density at radius 2 is 2.29 bits per heavy atom. The lowest BCUT2D eigenvalue weighted by molar-refractivity contribution is -0.0169. The molecule has 1 atom stereocenters. The van der Waals surface area contributed by atoms with Gasteiger partial charge in [-0.2, -0.15) is 0 Å². The summed E-state index contributed by atoms with van der Waals surface area (Å²) < 4.78 is 10.9. The molecule has 0 N–H and O–H groups in total. The van der Waals surface area contributed by atoms with Crippen LogP contribution in [0.25, 0.3) is 0 Å². The minimum Gasteiger partial charge on any atom is -0.384 e. The number of carbonyl (C=O) groups excluding carboxylic acids is 1. The molecule has 0 saturated carbocycles. The highest BCUT2D eigenvalue weighted by Gasteiger charge is 2.48. The molecule has 4 nitrogen and oxygen atoms in total. The molecule has 0 aliphatic carbocycles. The maximum atomic E-state index is 12.8.